The summed E-state index contributed by atoms with van der Waals surface area (Å²) in [5.41, 5.74) is 11.0. The Morgan fingerprint density at radius 2 is 1.29 bits per heavy atom. The van der Waals surface area contributed by atoms with Gasteiger partial charge in [-0.25, -0.2) is 0 Å². The predicted molar refractivity (Wildman–Crippen MR) is 101 cm³/mol. The monoisotopic (exact) mass is 629 g/mol. The molecular weight excluding hydrogens is 619 g/mol. The van der Waals surface area contributed by atoms with Crippen LogP contribution in [0.2, 0.25) is 0 Å². The summed E-state index contributed by atoms with van der Waals surface area (Å²) in [4.78, 5) is 35.4. The summed E-state index contributed by atoms with van der Waals surface area (Å²) >= 11 is 5.47. The fourth-order valence-corrected chi connectivity index (χ4v) is 6.27. The van der Waals surface area contributed by atoms with Crippen LogP contribution in [-0.2, 0) is 0 Å². The van der Waals surface area contributed by atoms with Crippen molar-refractivity contribution in [2.75, 3.05) is 13.2 Å². The normalized spacial score (nSPS) is 10.3. The van der Waals surface area contributed by atoms with Gasteiger partial charge in [-0.05, 0) is 67.8 Å². The summed E-state index contributed by atoms with van der Waals surface area (Å²) in [7, 11) is 0. The number of nitrogens with one attached hydrogen (secondary N) is 1. The van der Waals surface area contributed by atoms with E-state index in [1.54, 1.807) is 0 Å². The van der Waals surface area contributed by atoms with Gasteiger partial charge in [0.1, 0.15) is 0 Å². The Morgan fingerprint density at radius 3 is 1.62 bits per heavy atom. The molecule has 0 bridgehead atoms. The maximum atomic E-state index is 12.2. The molecule has 0 atom stereocenters. The van der Waals surface area contributed by atoms with Crippen LogP contribution in [-0.4, -0.2) is 36.0 Å². The summed E-state index contributed by atoms with van der Waals surface area (Å²) < 4.78 is 1.00. The largest absolute Gasteiger partial charge is 0.395 e. The zero-order valence-electron chi connectivity index (χ0n) is 10.4. The van der Waals surface area contributed by atoms with Gasteiger partial charge in [0, 0.05) is 17.3 Å². The number of benzene rings is 1. The number of hydrogen-bond acceptors (Lipinski definition) is 4. The number of aliphatic hydroxyl groups excluding tert-OH is 1. The lowest BCUT2D eigenvalue weighted by Gasteiger charge is -2.16. The highest BCUT2D eigenvalue weighted by Gasteiger charge is 2.28. The third kappa shape index (κ3) is 3.95. The number of carbonyl (C=O) groups is 3. The lowest BCUT2D eigenvalue weighted by atomic mass is 10.0. The third-order valence-electron chi connectivity index (χ3n) is 2.43. The molecule has 0 aliphatic rings. The Hall–Kier alpha value is -0.220. The summed E-state index contributed by atoms with van der Waals surface area (Å²) in [6.07, 6.45) is 0. The van der Waals surface area contributed by atoms with E-state index < -0.39 is 17.7 Å². The van der Waals surface area contributed by atoms with Crippen molar-refractivity contribution in [2.45, 2.75) is 0 Å². The first-order valence-electron chi connectivity index (χ1n) is 5.43. The maximum Gasteiger partial charge on any atom is 0.253 e. The van der Waals surface area contributed by atoms with Crippen LogP contribution in [0, 0.1) is 10.7 Å². The molecule has 3 amide bonds. The number of aliphatic hydroxyl groups is 1. The predicted octanol–water partition coefficient (Wildman–Crippen LogP) is 0.420. The van der Waals surface area contributed by atoms with Crippen molar-refractivity contribution in [1.82, 2.24) is 5.32 Å². The van der Waals surface area contributed by atoms with Crippen LogP contribution in [0.1, 0.15) is 31.1 Å². The molecule has 1 aromatic carbocycles. The van der Waals surface area contributed by atoms with Crippen molar-refractivity contribution in [3.8, 4) is 0 Å². The molecule has 1 rings (SSSR count). The minimum atomic E-state index is -0.751. The fraction of sp³-hybridized carbons (Fsp3) is 0.182. The van der Waals surface area contributed by atoms with E-state index in [4.69, 9.17) is 16.6 Å². The number of amides is 3. The van der Waals surface area contributed by atoms with Crippen LogP contribution >= 0.6 is 67.8 Å². The molecule has 0 heterocycles. The summed E-state index contributed by atoms with van der Waals surface area (Å²) in [6, 6.07) is 0. The Bertz CT molecular complexity index is 593. The standard InChI is InChI=1S/C11H10I3N3O4/c12-6-3(9(15)19)7(13)5(11(21)17-1-2-18)8(14)4(6)10(16)20/h18H,1-2H2,(H2,15,19)(H2,16,20)(H,17,21). The van der Waals surface area contributed by atoms with E-state index in [0.29, 0.717) is 10.7 Å². The third-order valence-corrected chi connectivity index (χ3v) is 5.67. The number of halogens is 3. The van der Waals surface area contributed by atoms with E-state index in [1.165, 1.54) is 0 Å². The molecule has 0 saturated heterocycles. The van der Waals surface area contributed by atoms with E-state index in [2.05, 4.69) is 5.32 Å². The number of nitrogens with two attached hydrogens (primary N) is 2. The zero-order valence-corrected chi connectivity index (χ0v) is 16.8. The molecule has 0 unspecified atom stereocenters. The molecule has 0 aromatic heterocycles. The number of carbonyl (C=O) groups excluding carboxylic acids is 3. The van der Waals surface area contributed by atoms with Gasteiger partial charge >= 0.3 is 0 Å². The first kappa shape index (κ1) is 18.8. The second-order valence-corrected chi connectivity index (χ2v) is 7.01. The molecule has 21 heavy (non-hydrogen) atoms. The number of rotatable bonds is 5. The minimum absolute atomic E-state index is 0.0504. The Labute approximate surface area is 161 Å². The molecule has 114 valence electrons. The summed E-state index contributed by atoms with van der Waals surface area (Å²) in [5.74, 6) is -2.02. The van der Waals surface area contributed by atoms with E-state index in [-0.39, 0.29) is 29.8 Å². The quantitative estimate of drug-likeness (QED) is 0.352. The number of primary amides is 2. The SMILES string of the molecule is NC(=O)c1c(I)c(C(N)=O)c(I)c(C(=O)NCCO)c1I. The van der Waals surface area contributed by atoms with Crippen LogP contribution in [0.5, 0.6) is 0 Å². The average Bonchev–Trinajstić information content (AvgIpc) is 2.34. The molecule has 0 radical (unpaired) electrons. The Balaban J connectivity index is 3.67. The van der Waals surface area contributed by atoms with E-state index in [9.17, 15) is 14.4 Å². The fourth-order valence-electron chi connectivity index (χ4n) is 1.55. The van der Waals surface area contributed by atoms with Gasteiger partial charge in [-0.15, -0.1) is 0 Å². The second-order valence-electron chi connectivity index (χ2n) is 3.77. The molecule has 0 spiro atoms. The Kier molecular flexibility index (Phi) is 7.05. The van der Waals surface area contributed by atoms with E-state index >= 15 is 0 Å². The highest BCUT2D eigenvalue weighted by atomic mass is 127. The molecular formula is C11H10I3N3O4. The van der Waals surface area contributed by atoms with Crippen molar-refractivity contribution in [2.24, 2.45) is 11.5 Å². The van der Waals surface area contributed by atoms with Crippen molar-refractivity contribution in [1.29, 1.82) is 0 Å². The first-order chi connectivity index (χ1) is 9.73. The smallest absolute Gasteiger partial charge is 0.253 e. The van der Waals surface area contributed by atoms with E-state index in [1.807, 2.05) is 67.8 Å². The maximum absolute atomic E-state index is 12.2. The minimum Gasteiger partial charge on any atom is -0.395 e. The average molecular weight is 629 g/mol. The topological polar surface area (TPSA) is 136 Å². The van der Waals surface area contributed by atoms with Gasteiger partial charge in [-0.1, -0.05) is 0 Å². The van der Waals surface area contributed by atoms with Gasteiger partial charge in [-0.3, -0.25) is 14.4 Å². The van der Waals surface area contributed by atoms with Gasteiger partial charge in [-0.2, -0.15) is 0 Å². The van der Waals surface area contributed by atoms with Gasteiger partial charge in [0.25, 0.3) is 17.7 Å². The molecule has 0 fully saturated rings. The van der Waals surface area contributed by atoms with Gasteiger partial charge in [0.2, 0.25) is 0 Å². The van der Waals surface area contributed by atoms with Crippen molar-refractivity contribution in [3.63, 3.8) is 0 Å². The lowest BCUT2D eigenvalue weighted by molar-refractivity contribution is 0.0943. The molecule has 0 aliphatic heterocycles. The summed E-state index contributed by atoms with van der Waals surface area (Å²) in [5, 5.41) is 11.2. The van der Waals surface area contributed by atoms with Crippen LogP contribution in [0.4, 0.5) is 0 Å². The van der Waals surface area contributed by atoms with Crippen LogP contribution in [0.15, 0.2) is 0 Å². The van der Waals surface area contributed by atoms with Gasteiger partial charge in [0.15, 0.2) is 0 Å². The van der Waals surface area contributed by atoms with Crippen molar-refractivity contribution >= 4 is 85.5 Å². The molecule has 7 nitrogen and oxygen atoms in total. The van der Waals surface area contributed by atoms with Crippen molar-refractivity contribution < 1.29 is 19.5 Å². The van der Waals surface area contributed by atoms with Crippen LogP contribution in [0.3, 0.4) is 0 Å². The lowest BCUT2D eigenvalue weighted by Crippen LogP contribution is -2.31. The highest BCUT2D eigenvalue weighted by Crippen LogP contribution is 2.31. The van der Waals surface area contributed by atoms with Crippen LogP contribution < -0.4 is 16.8 Å². The number of hydrogen-bond donors (Lipinski definition) is 4. The molecule has 1 aromatic rings. The van der Waals surface area contributed by atoms with Crippen LogP contribution in [0.25, 0.3) is 0 Å². The molecule has 0 aliphatic carbocycles. The highest BCUT2D eigenvalue weighted by molar-refractivity contribution is 14.1. The molecule has 10 heteroatoms. The summed E-state index contributed by atoms with van der Waals surface area (Å²) in [6.45, 7) is -0.177. The van der Waals surface area contributed by atoms with Gasteiger partial charge in [0.05, 0.1) is 23.3 Å². The molecule has 0 saturated carbocycles. The first-order valence-corrected chi connectivity index (χ1v) is 8.66. The van der Waals surface area contributed by atoms with Gasteiger partial charge < -0.3 is 21.9 Å². The Morgan fingerprint density at radius 1 is 0.905 bits per heavy atom. The second kappa shape index (κ2) is 7.87. The zero-order chi connectivity index (χ0) is 16.3. The van der Waals surface area contributed by atoms with Crippen molar-refractivity contribution in [3.05, 3.63) is 27.4 Å². The van der Waals surface area contributed by atoms with E-state index in [0.717, 1.165) is 0 Å². The molecule has 6 N–H and O–H groups in total.